The van der Waals surface area contributed by atoms with E-state index in [0.717, 1.165) is 6.20 Å². The summed E-state index contributed by atoms with van der Waals surface area (Å²) >= 11 is 5.60. The van der Waals surface area contributed by atoms with Crippen molar-refractivity contribution in [3.63, 3.8) is 0 Å². The Hall–Kier alpha value is -1.41. The Kier molecular flexibility index (Phi) is 4.44. The minimum absolute atomic E-state index is 0.0467. The number of aromatic nitrogens is 1. The molecule has 86 valence electrons. The van der Waals surface area contributed by atoms with Crippen LogP contribution in [0.5, 0.6) is 5.75 Å². The third-order valence-corrected chi connectivity index (χ3v) is 2.32. The summed E-state index contributed by atoms with van der Waals surface area (Å²) in [5, 5.41) is 8.61. The summed E-state index contributed by atoms with van der Waals surface area (Å²) in [6.07, 6.45) is -1.80. The molecule has 1 rings (SSSR count). The second-order valence-corrected chi connectivity index (χ2v) is 3.21. The molecule has 3 nitrogen and oxygen atoms in total. The second kappa shape index (κ2) is 5.61. The normalized spacial score (nSPS) is 10.2. The van der Waals surface area contributed by atoms with Gasteiger partial charge in [0.1, 0.15) is 5.75 Å². The monoisotopic (exact) mass is 246 g/mol. The van der Waals surface area contributed by atoms with E-state index in [2.05, 4.69) is 4.98 Å². The van der Waals surface area contributed by atoms with Crippen LogP contribution in [0.1, 0.15) is 23.2 Å². The van der Waals surface area contributed by atoms with Crippen LogP contribution in [-0.4, -0.2) is 12.1 Å². The zero-order chi connectivity index (χ0) is 12.1. The fourth-order valence-electron chi connectivity index (χ4n) is 1.37. The molecule has 6 heteroatoms. The maximum Gasteiger partial charge on any atom is 0.265 e. The highest BCUT2D eigenvalue weighted by Gasteiger charge is 2.20. The topological polar surface area (TPSA) is 45.9 Å². The third kappa shape index (κ3) is 2.39. The van der Waals surface area contributed by atoms with Crippen LogP contribution in [0.4, 0.5) is 8.78 Å². The van der Waals surface area contributed by atoms with Gasteiger partial charge < -0.3 is 4.74 Å². The van der Waals surface area contributed by atoms with E-state index in [1.165, 1.54) is 7.11 Å². The summed E-state index contributed by atoms with van der Waals surface area (Å²) in [6.45, 7) is 0. The van der Waals surface area contributed by atoms with Crippen LogP contribution < -0.4 is 4.74 Å². The molecular weight excluding hydrogens is 238 g/mol. The van der Waals surface area contributed by atoms with E-state index in [1.807, 2.05) is 6.07 Å². The zero-order valence-corrected chi connectivity index (χ0v) is 9.26. The van der Waals surface area contributed by atoms with Crippen molar-refractivity contribution in [1.29, 1.82) is 5.26 Å². The maximum atomic E-state index is 12.7. The van der Waals surface area contributed by atoms with Crippen molar-refractivity contribution in [2.24, 2.45) is 0 Å². The van der Waals surface area contributed by atoms with Gasteiger partial charge in [-0.3, -0.25) is 4.98 Å². The van der Waals surface area contributed by atoms with Crippen LogP contribution in [0.3, 0.4) is 0 Å². The van der Waals surface area contributed by atoms with E-state index < -0.39 is 6.43 Å². The number of nitrogens with zero attached hydrogens (tertiary/aromatic N) is 2. The number of alkyl halides is 3. The molecule has 0 aliphatic rings. The Labute approximate surface area is 96.6 Å². The van der Waals surface area contributed by atoms with Crippen molar-refractivity contribution in [1.82, 2.24) is 4.98 Å². The van der Waals surface area contributed by atoms with Gasteiger partial charge in [-0.25, -0.2) is 8.78 Å². The van der Waals surface area contributed by atoms with Gasteiger partial charge in [0, 0.05) is 17.3 Å². The summed E-state index contributed by atoms with van der Waals surface area (Å²) in [7, 11) is 1.34. The van der Waals surface area contributed by atoms with Crippen molar-refractivity contribution in [3.05, 3.63) is 23.0 Å². The number of hydrogen-bond donors (Lipinski definition) is 0. The van der Waals surface area contributed by atoms with Gasteiger partial charge in [-0.2, -0.15) is 5.26 Å². The van der Waals surface area contributed by atoms with E-state index in [4.69, 9.17) is 21.6 Å². The molecule has 0 amide bonds. The highest BCUT2D eigenvalue weighted by atomic mass is 35.5. The number of halogens is 3. The van der Waals surface area contributed by atoms with Gasteiger partial charge in [-0.05, 0) is 0 Å². The van der Waals surface area contributed by atoms with E-state index in [-0.39, 0.29) is 29.2 Å². The average molecular weight is 247 g/mol. The minimum Gasteiger partial charge on any atom is -0.494 e. The first kappa shape index (κ1) is 12.7. The largest absolute Gasteiger partial charge is 0.494 e. The Morgan fingerprint density at radius 1 is 1.62 bits per heavy atom. The number of ether oxygens (including phenoxy) is 1. The van der Waals surface area contributed by atoms with Crippen LogP contribution in [0.15, 0.2) is 6.20 Å². The molecule has 0 aromatic carbocycles. The minimum atomic E-state index is -2.69. The quantitative estimate of drug-likeness (QED) is 0.768. The van der Waals surface area contributed by atoms with Crippen LogP contribution in [-0.2, 0) is 12.3 Å². The Balaban J connectivity index is 3.38. The average Bonchev–Trinajstić information content (AvgIpc) is 2.28. The molecule has 0 bridgehead atoms. The highest BCUT2D eigenvalue weighted by Crippen LogP contribution is 2.32. The van der Waals surface area contributed by atoms with Gasteiger partial charge in [0.25, 0.3) is 6.43 Å². The molecule has 0 saturated heterocycles. The van der Waals surface area contributed by atoms with Crippen molar-refractivity contribution in [2.75, 3.05) is 7.11 Å². The molecule has 0 saturated carbocycles. The van der Waals surface area contributed by atoms with Crippen molar-refractivity contribution < 1.29 is 13.5 Å². The highest BCUT2D eigenvalue weighted by molar-refractivity contribution is 6.17. The lowest BCUT2D eigenvalue weighted by Crippen LogP contribution is -2.04. The molecular formula is C10H9ClF2N2O. The van der Waals surface area contributed by atoms with Gasteiger partial charge in [-0.1, -0.05) is 0 Å². The fourth-order valence-corrected chi connectivity index (χ4v) is 1.57. The molecule has 0 aliphatic carbocycles. The number of rotatable bonds is 4. The molecule has 0 N–H and O–H groups in total. The number of hydrogen-bond acceptors (Lipinski definition) is 3. The summed E-state index contributed by atoms with van der Waals surface area (Å²) in [6, 6.07) is 1.82. The smallest absolute Gasteiger partial charge is 0.265 e. The molecule has 0 spiro atoms. The molecule has 1 heterocycles. The maximum absolute atomic E-state index is 12.7. The first-order valence-electron chi connectivity index (χ1n) is 4.41. The van der Waals surface area contributed by atoms with Crippen molar-refractivity contribution in [3.8, 4) is 11.8 Å². The van der Waals surface area contributed by atoms with Crippen LogP contribution in [0, 0.1) is 11.3 Å². The Morgan fingerprint density at radius 2 is 2.31 bits per heavy atom. The lowest BCUT2D eigenvalue weighted by molar-refractivity contribution is 0.149. The molecule has 16 heavy (non-hydrogen) atoms. The second-order valence-electron chi connectivity index (χ2n) is 2.94. The zero-order valence-electron chi connectivity index (χ0n) is 8.51. The molecule has 0 fully saturated rings. The SMILES string of the molecule is COc1c(CCl)ncc(C(F)F)c1CC#N. The lowest BCUT2D eigenvalue weighted by atomic mass is 10.1. The van der Waals surface area contributed by atoms with Crippen LogP contribution >= 0.6 is 11.6 Å². The predicted molar refractivity (Wildman–Crippen MR) is 54.6 cm³/mol. The first-order chi connectivity index (χ1) is 7.65. The number of pyridine rings is 1. The van der Waals surface area contributed by atoms with E-state index in [1.54, 1.807) is 0 Å². The Bertz CT molecular complexity index is 418. The Morgan fingerprint density at radius 3 is 2.75 bits per heavy atom. The molecule has 0 atom stereocenters. The summed E-state index contributed by atoms with van der Waals surface area (Å²) in [4.78, 5) is 3.79. The van der Waals surface area contributed by atoms with Gasteiger partial charge in [-0.15, -0.1) is 11.6 Å². The van der Waals surface area contributed by atoms with Gasteiger partial charge in [0.15, 0.2) is 0 Å². The fraction of sp³-hybridized carbons (Fsp3) is 0.400. The summed E-state index contributed by atoms with van der Waals surface area (Å²) in [5.74, 6) is 0.222. The molecule has 1 aromatic heterocycles. The first-order valence-corrected chi connectivity index (χ1v) is 4.94. The molecule has 0 radical (unpaired) electrons. The van der Waals surface area contributed by atoms with Crippen molar-refractivity contribution in [2.45, 2.75) is 18.7 Å². The molecule has 0 unspecified atom stereocenters. The predicted octanol–water partition coefficient (Wildman–Crippen LogP) is 2.83. The van der Waals surface area contributed by atoms with E-state index in [0.29, 0.717) is 5.69 Å². The summed E-state index contributed by atoms with van der Waals surface area (Å²) in [5.41, 5.74) is 0.233. The van der Waals surface area contributed by atoms with Crippen LogP contribution in [0.2, 0.25) is 0 Å². The van der Waals surface area contributed by atoms with Gasteiger partial charge >= 0.3 is 0 Å². The van der Waals surface area contributed by atoms with E-state index >= 15 is 0 Å². The van der Waals surface area contributed by atoms with Gasteiger partial charge in [0.05, 0.1) is 31.2 Å². The van der Waals surface area contributed by atoms with E-state index in [9.17, 15) is 8.78 Å². The van der Waals surface area contributed by atoms with Gasteiger partial charge in [0.2, 0.25) is 0 Å². The lowest BCUT2D eigenvalue weighted by Gasteiger charge is -2.13. The number of nitriles is 1. The number of methoxy groups -OCH3 is 1. The molecule has 0 aliphatic heterocycles. The van der Waals surface area contributed by atoms with Crippen LogP contribution in [0.25, 0.3) is 0 Å². The molecule has 1 aromatic rings. The van der Waals surface area contributed by atoms with Crippen molar-refractivity contribution >= 4 is 11.6 Å². The summed E-state index contributed by atoms with van der Waals surface area (Å²) < 4.78 is 30.3. The third-order valence-electron chi connectivity index (χ3n) is 2.07. The standard InChI is InChI=1S/C10H9ClF2N2O/c1-16-9-6(2-3-14)7(10(12)13)5-15-8(9)4-11/h5,10H,2,4H2,1H3.